The lowest BCUT2D eigenvalue weighted by Gasteiger charge is -2.08. The van der Waals surface area contributed by atoms with Gasteiger partial charge in [-0.25, -0.2) is 0 Å². The monoisotopic (exact) mass is 190 g/mol. The van der Waals surface area contributed by atoms with Crippen molar-refractivity contribution < 1.29 is 4.74 Å². The van der Waals surface area contributed by atoms with E-state index in [1.165, 1.54) is 0 Å². The number of hydrogen-bond donors (Lipinski definition) is 0. The van der Waals surface area contributed by atoms with E-state index in [0.29, 0.717) is 0 Å². The van der Waals surface area contributed by atoms with Gasteiger partial charge in [0.1, 0.15) is 5.75 Å². The number of fused-ring (bicyclic) bond motifs is 1. The van der Waals surface area contributed by atoms with E-state index in [9.17, 15) is 0 Å². The fourth-order valence-electron chi connectivity index (χ4n) is 1.47. The van der Waals surface area contributed by atoms with Crippen molar-refractivity contribution in [3.8, 4) is 5.75 Å². The van der Waals surface area contributed by atoms with Gasteiger partial charge in [0.2, 0.25) is 0 Å². The number of hydrogen-bond acceptors (Lipinski definition) is 2. The summed E-state index contributed by atoms with van der Waals surface area (Å²) in [6.45, 7) is 4.04. The molecule has 0 aliphatic rings. The number of benzene rings is 1. The quantitative estimate of drug-likeness (QED) is 0.726. The van der Waals surface area contributed by atoms with Crippen LogP contribution in [0.4, 0.5) is 0 Å². The van der Waals surface area contributed by atoms with Crippen LogP contribution >= 0.6 is 0 Å². The lowest BCUT2D eigenvalue weighted by molar-refractivity contribution is 0.243. The Hall–Kier alpha value is -1.51. The van der Waals surface area contributed by atoms with Crippen LogP contribution in [-0.2, 0) is 7.05 Å². The number of nitrogens with zero attached hydrogens (tertiary/aromatic N) is 2. The third-order valence-corrected chi connectivity index (χ3v) is 1.96. The third kappa shape index (κ3) is 1.71. The molecule has 0 unspecified atom stereocenters. The normalized spacial score (nSPS) is 11.1. The molecule has 0 saturated carbocycles. The minimum atomic E-state index is 0.212. The maximum atomic E-state index is 5.59. The fraction of sp³-hybridized carbons (Fsp3) is 0.364. The molecule has 0 spiro atoms. The van der Waals surface area contributed by atoms with Gasteiger partial charge in [-0.3, -0.25) is 4.68 Å². The standard InChI is InChI=1S/C11H14N2O/c1-8(2)14-10-4-5-11-9(6-10)7-13(3)12-11/h4-8H,1-3H3. The molecule has 0 amide bonds. The molecule has 0 aliphatic carbocycles. The van der Waals surface area contributed by atoms with Crippen LogP contribution in [0.3, 0.4) is 0 Å². The van der Waals surface area contributed by atoms with Crippen LogP contribution < -0.4 is 4.74 Å². The molecular weight excluding hydrogens is 176 g/mol. The lowest BCUT2D eigenvalue weighted by atomic mass is 10.2. The Morgan fingerprint density at radius 2 is 2.14 bits per heavy atom. The van der Waals surface area contributed by atoms with Crippen molar-refractivity contribution in [1.29, 1.82) is 0 Å². The zero-order valence-electron chi connectivity index (χ0n) is 8.69. The lowest BCUT2D eigenvalue weighted by Crippen LogP contribution is -2.04. The highest BCUT2D eigenvalue weighted by Gasteiger charge is 2.01. The van der Waals surface area contributed by atoms with Gasteiger partial charge in [0, 0.05) is 18.6 Å². The van der Waals surface area contributed by atoms with Gasteiger partial charge in [-0.2, -0.15) is 5.10 Å². The predicted octanol–water partition coefficient (Wildman–Crippen LogP) is 2.36. The van der Waals surface area contributed by atoms with E-state index in [1.807, 2.05) is 50.0 Å². The minimum absolute atomic E-state index is 0.212. The molecule has 0 fully saturated rings. The molecule has 1 aromatic carbocycles. The summed E-state index contributed by atoms with van der Waals surface area (Å²) in [5, 5.41) is 5.41. The topological polar surface area (TPSA) is 27.1 Å². The second-order valence-corrected chi connectivity index (χ2v) is 3.69. The van der Waals surface area contributed by atoms with Crippen LogP contribution in [0.15, 0.2) is 24.4 Å². The molecule has 2 rings (SSSR count). The summed E-state index contributed by atoms with van der Waals surface area (Å²) in [7, 11) is 1.92. The van der Waals surface area contributed by atoms with Crippen LogP contribution in [-0.4, -0.2) is 15.9 Å². The number of aryl methyl sites for hydroxylation is 1. The molecule has 0 saturated heterocycles. The molecule has 1 heterocycles. The van der Waals surface area contributed by atoms with Gasteiger partial charge in [0.15, 0.2) is 0 Å². The smallest absolute Gasteiger partial charge is 0.120 e. The van der Waals surface area contributed by atoms with Gasteiger partial charge in [0.05, 0.1) is 11.6 Å². The maximum absolute atomic E-state index is 5.59. The van der Waals surface area contributed by atoms with Gasteiger partial charge in [-0.1, -0.05) is 0 Å². The SMILES string of the molecule is CC(C)Oc1ccc2nn(C)cc2c1. The Morgan fingerprint density at radius 1 is 1.36 bits per heavy atom. The first-order valence-corrected chi connectivity index (χ1v) is 4.75. The zero-order valence-corrected chi connectivity index (χ0v) is 8.69. The van der Waals surface area contributed by atoms with Crippen molar-refractivity contribution in [3.05, 3.63) is 24.4 Å². The van der Waals surface area contributed by atoms with E-state index in [-0.39, 0.29) is 6.10 Å². The van der Waals surface area contributed by atoms with Crippen molar-refractivity contribution in [2.24, 2.45) is 7.05 Å². The summed E-state index contributed by atoms with van der Waals surface area (Å²) < 4.78 is 7.40. The molecule has 3 heteroatoms. The predicted molar refractivity (Wildman–Crippen MR) is 56.5 cm³/mol. The Bertz CT molecular complexity index is 445. The van der Waals surface area contributed by atoms with E-state index in [0.717, 1.165) is 16.7 Å². The first kappa shape index (κ1) is 9.06. The molecule has 3 nitrogen and oxygen atoms in total. The summed E-state index contributed by atoms with van der Waals surface area (Å²) >= 11 is 0. The largest absolute Gasteiger partial charge is 0.491 e. The molecule has 74 valence electrons. The Morgan fingerprint density at radius 3 is 2.86 bits per heavy atom. The first-order valence-electron chi connectivity index (χ1n) is 4.75. The van der Waals surface area contributed by atoms with Gasteiger partial charge >= 0.3 is 0 Å². The van der Waals surface area contributed by atoms with Gasteiger partial charge in [-0.15, -0.1) is 0 Å². The second kappa shape index (κ2) is 3.33. The van der Waals surface area contributed by atoms with Crippen molar-refractivity contribution in [1.82, 2.24) is 9.78 Å². The third-order valence-electron chi connectivity index (χ3n) is 1.96. The van der Waals surface area contributed by atoms with E-state index in [2.05, 4.69) is 5.10 Å². The highest BCUT2D eigenvalue weighted by molar-refractivity contribution is 5.79. The Kier molecular flexibility index (Phi) is 2.15. The molecule has 0 atom stereocenters. The summed E-state index contributed by atoms with van der Waals surface area (Å²) in [6.07, 6.45) is 2.20. The van der Waals surface area contributed by atoms with E-state index < -0.39 is 0 Å². The van der Waals surface area contributed by atoms with Crippen LogP contribution in [0, 0.1) is 0 Å². The van der Waals surface area contributed by atoms with Crippen LogP contribution in [0.5, 0.6) is 5.75 Å². The van der Waals surface area contributed by atoms with Crippen LogP contribution in [0.1, 0.15) is 13.8 Å². The second-order valence-electron chi connectivity index (χ2n) is 3.69. The Labute approximate surface area is 83.3 Å². The number of ether oxygens (including phenoxy) is 1. The van der Waals surface area contributed by atoms with E-state index in [1.54, 1.807) is 0 Å². The first-order chi connectivity index (χ1) is 6.65. The molecule has 0 N–H and O–H groups in total. The van der Waals surface area contributed by atoms with E-state index in [4.69, 9.17) is 4.74 Å². The average Bonchev–Trinajstić information content (AvgIpc) is 2.42. The van der Waals surface area contributed by atoms with Gasteiger partial charge in [-0.05, 0) is 32.0 Å². The summed E-state index contributed by atoms with van der Waals surface area (Å²) in [5.41, 5.74) is 1.00. The fourth-order valence-corrected chi connectivity index (χ4v) is 1.47. The van der Waals surface area contributed by atoms with Gasteiger partial charge in [0.25, 0.3) is 0 Å². The molecule has 0 radical (unpaired) electrons. The van der Waals surface area contributed by atoms with Crippen molar-refractivity contribution >= 4 is 10.9 Å². The average molecular weight is 190 g/mol. The zero-order chi connectivity index (χ0) is 10.1. The maximum Gasteiger partial charge on any atom is 0.120 e. The van der Waals surface area contributed by atoms with Gasteiger partial charge < -0.3 is 4.74 Å². The molecule has 1 aromatic heterocycles. The molecule has 0 aliphatic heterocycles. The summed E-state index contributed by atoms with van der Waals surface area (Å²) in [6, 6.07) is 5.95. The van der Waals surface area contributed by atoms with Crippen molar-refractivity contribution in [2.75, 3.05) is 0 Å². The highest BCUT2D eigenvalue weighted by Crippen LogP contribution is 2.20. The highest BCUT2D eigenvalue weighted by atomic mass is 16.5. The minimum Gasteiger partial charge on any atom is -0.491 e. The summed E-state index contributed by atoms with van der Waals surface area (Å²) in [4.78, 5) is 0. The number of rotatable bonds is 2. The van der Waals surface area contributed by atoms with Crippen molar-refractivity contribution in [2.45, 2.75) is 20.0 Å². The van der Waals surface area contributed by atoms with Crippen molar-refractivity contribution in [3.63, 3.8) is 0 Å². The van der Waals surface area contributed by atoms with Crippen LogP contribution in [0.2, 0.25) is 0 Å². The van der Waals surface area contributed by atoms with Crippen LogP contribution in [0.25, 0.3) is 10.9 Å². The molecular formula is C11H14N2O. The molecule has 0 bridgehead atoms. The molecule has 14 heavy (non-hydrogen) atoms. The number of aromatic nitrogens is 2. The summed E-state index contributed by atoms with van der Waals surface area (Å²) in [5.74, 6) is 0.903. The van der Waals surface area contributed by atoms with E-state index >= 15 is 0 Å². The molecule has 2 aromatic rings. The Balaban J connectivity index is 2.40.